The molecule has 8 rings (SSSR count). The molecule has 310 valence electrons. The van der Waals surface area contributed by atoms with Crippen molar-refractivity contribution in [1.29, 1.82) is 5.26 Å². The lowest BCUT2D eigenvalue weighted by molar-refractivity contribution is -0.164. The summed E-state index contributed by atoms with van der Waals surface area (Å²) < 4.78 is 24.3. The van der Waals surface area contributed by atoms with Gasteiger partial charge in [0.1, 0.15) is 23.7 Å². The van der Waals surface area contributed by atoms with Crippen LogP contribution in [0.3, 0.4) is 0 Å². The van der Waals surface area contributed by atoms with Gasteiger partial charge in [0, 0.05) is 79.1 Å². The highest BCUT2D eigenvalue weighted by atomic mass is 35.5. The van der Waals surface area contributed by atoms with Crippen LogP contribution in [0.1, 0.15) is 87.3 Å². The predicted molar refractivity (Wildman–Crippen MR) is 225 cm³/mol. The number of piperidine rings is 2. The van der Waals surface area contributed by atoms with Crippen molar-refractivity contribution in [2.24, 2.45) is 16.7 Å². The number of benzene rings is 3. The van der Waals surface area contributed by atoms with Gasteiger partial charge >= 0.3 is 6.03 Å². The molecule has 4 amide bonds. The van der Waals surface area contributed by atoms with Crippen LogP contribution in [0.2, 0.25) is 5.02 Å². The highest BCUT2D eigenvalue weighted by molar-refractivity contribution is 6.32. The Morgan fingerprint density at radius 3 is 2.41 bits per heavy atom. The van der Waals surface area contributed by atoms with E-state index in [1.165, 1.54) is 6.07 Å². The van der Waals surface area contributed by atoms with Crippen LogP contribution in [0.25, 0.3) is 10.9 Å². The molecule has 1 aromatic heterocycles. The van der Waals surface area contributed by atoms with E-state index in [0.717, 1.165) is 75.0 Å². The molecule has 3 aromatic carbocycles. The van der Waals surface area contributed by atoms with Crippen molar-refractivity contribution in [3.8, 4) is 11.8 Å². The molecule has 4 heterocycles. The number of fused-ring (bicyclic) bond motifs is 1. The van der Waals surface area contributed by atoms with Crippen LogP contribution in [0.5, 0.6) is 5.75 Å². The smallest absolute Gasteiger partial charge is 0.328 e. The van der Waals surface area contributed by atoms with Crippen LogP contribution in [0.15, 0.2) is 54.7 Å². The van der Waals surface area contributed by atoms with Gasteiger partial charge in [-0.15, -0.1) is 0 Å². The minimum absolute atomic E-state index is 0.238. The summed E-state index contributed by atoms with van der Waals surface area (Å²) in [5.41, 5.74) is 2.79. The van der Waals surface area contributed by atoms with Crippen molar-refractivity contribution in [2.45, 2.75) is 84.9 Å². The van der Waals surface area contributed by atoms with Crippen LogP contribution in [0.4, 0.5) is 20.6 Å². The number of nitrogens with zero attached hydrogens (tertiary/aromatic N) is 6. The molecule has 0 unspecified atom stereocenters. The summed E-state index contributed by atoms with van der Waals surface area (Å²) in [6.45, 7) is 14.8. The number of rotatable bonds is 9. The molecule has 14 heteroatoms. The van der Waals surface area contributed by atoms with E-state index in [0.29, 0.717) is 40.0 Å². The molecule has 0 bridgehead atoms. The summed E-state index contributed by atoms with van der Waals surface area (Å²) in [5.74, 6) is 0.156. The second kappa shape index (κ2) is 15.8. The normalized spacial score (nSPS) is 22.5. The Bertz CT molecular complexity index is 2320. The van der Waals surface area contributed by atoms with Crippen molar-refractivity contribution in [3.05, 3.63) is 82.3 Å². The third-order valence-electron chi connectivity index (χ3n) is 13.4. The fourth-order valence-corrected chi connectivity index (χ4v) is 10.6. The zero-order valence-electron chi connectivity index (χ0n) is 34.4. The number of likely N-dealkylation sites (tertiary alicyclic amines) is 1. The first-order valence-corrected chi connectivity index (χ1v) is 21.1. The van der Waals surface area contributed by atoms with Crippen molar-refractivity contribution < 1.29 is 23.5 Å². The second-order valence-electron chi connectivity index (χ2n) is 17.9. The largest absolute Gasteiger partial charge is 0.489 e. The topological polar surface area (TPSA) is 136 Å². The third kappa shape index (κ3) is 7.50. The Kier molecular flexibility index (Phi) is 10.8. The molecule has 1 aliphatic carbocycles. The number of anilines is 2. The minimum atomic E-state index is -0.441. The van der Waals surface area contributed by atoms with Gasteiger partial charge < -0.3 is 19.9 Å². The molecule has 2 N–H and O–H groups in total. The lowest BCUT2D eigenvalue weighted by Gasteiger charge is -2.63. The fraction of sp³-hybridized carbons (Fsp3) is 0.489. The first-order chi connectivity index (χ1) is 28.2. The van der Waals surface area contributed by atoms with E-state index in [4.69, 9.17) is 21.4 Å². The van der Waals surface area contributed by atoms with Gasteiger partial charge in [-0.05, 0) is 81.0 Å². The van der Waals surface area contributed by atoms with Crippen LogP contribution >= 0.6 is 11.6 Å². The maximum Gasteiger partial charge on any atom is 0.328 e. The van der Waals surface area contributed by atoms with Crippen molar-refractivity contribution >= 4 is 51.7 Å². The zero-order valence-corrected chi connectivity index (χ0v) is 35.1. The van der Waals surface area contributed by atoms with E-state index in [1.807, 2.05) is 59.0 Å². The molecule has 3 saturated heterocycles. The molecule has 0 atom stereocenters. The number of hydrogen-bond donors (Lipinski definition) is 2. The van der Waals surface area contributed by atoms with Crippen LogP contribution in [-0.4, -0.2) is 83.9 Å². The highest BCUT2D eigenvalue weighted by Gasteiger charge is 2.64. The number of carbonyl (C=O) groups is 3. The molecule has 4 aliphatic rings. The molecule has 4 aromatic rings. The quantitative estimate of drug-likeness (QED) is 0.176. The molecule has 1 saturated carbocycles. The highest BCUT2D eigenvalue weighted by Crippen LogP contribution is 2.56. The number of halogens is 2. The van der Waals surface area contributed by atoms with Gasteiger partial charge in [0.25, 0.3) is 5.91 Å². The summed E-state index contributed by atoms with van der Waals surface area (Å²) >= 11 is 6.41. The maximum atomic E-state index is 15.7. The lowest BCUT2D eigenvalue weighted by atomic mass is 9.49. The summed E-state index contributed by atoms with van der Waals surface area (Å²) in [5, 5.41) is 21.0. The summed E-state index contributed by atoms with van der Waals surface area (Å²) in [6, 6.07) is 15.8. The van der Waals surface area contributed by atoms with Crippen LogP contribution < -0.4 is 25.2 Å². The molecular formula is C45H52ClFN8O4. The third-order valence-corrected chi connectivity index (χ3v) is 13.9. The van der Waals surface area contributed by atoms with E-state index in [1.54, 1.807) is 29.2 Å². The number of aromatic nitrogens is 2. The number of ether oxygens (including phenoxy) is 1. The van der Waals surface area contributed by atoms with Crippen molar-refractivity contribution in [3.63, 3.8) is 0 Å². The number of amides is 4. The molecule has 12 nitrogen and oxygen atoms in total. The van der Waals surface area contributed by atoms with E-state index >= 15 is 4.39 Å². The standard InChI is InChI=1S/C45H52ClFN8O4/c1-27-37(12-10-30(24-48)39(27)46)59-42-44(2,3)41(45(42,4)5)51-40(57)29-9-11-36(33(47)23-29)53-20-13-28(14-21-53)26-52-18-15-31(16-19-52)55-35-8-6-7-34(32(35)25-49-55)54-22-17-38(56)50-43(54)58/h6-12,23,25,28,31,41-42H,13-22,26H2,1-5H3,(H,51,57)(H,50,56,58). The van der Waals surface area contributed by atoms with Crippen molar-refractivity contribution in [2.75, 3.05) is 49.1 Å². The Hall–Kier alpha value is -5.19. The number of imide groups is 1. The van der Waals surface area contributed by atoms with Gasteiger partial charge in [0.15, 0.2) is 0 Å². The second-order valence-corrected chi connectivity index (χ2v) is 18.3. The average molecular weight is 823 g/mol. The predicted octanol–water partition coefficient (Wildman–Crippen LogP) is 7.62. The molecule has 0 spiro atoms. The molecule has 3 aliphatic heterocycles. The molecular weight excluding hydrogens is 771 g/mol. The van der Waals surface area contributed by atoms with Gasteiger partial charge in [-0.1, -0.05) is 45.4 Å². The monoisotopic (exact) mass is 822 g/mol. The number of nitrogens with one attached hydrogen (secondary N) is 2. The van der Waals surface area contributed by atoms with Gasteiger partial charge in [-0.2, -0.15) is 10.4 Å². The maximum absolute atomic E-state index is 15.7. The van der Waals surface area contributed by atoms with Gasteiger partial charge in [-0.25, -0.2) is 9.18 Å². The van der Waals surface area contributed by atoms with Crippen LogP contribution in [-0.2, 0) is 4.79 Å². The summed E-state index contributed by atoms with van der Waals surface area (Å²) in [7, 11) is 0. The summed E-state index contributed by atoms with van der Waals surface area (Å²) in [6.07, 6.45) is 5.74. The number of hydrogen-bond acceptors (Lipinski definition) is 8. The van der Waals surface area contributed by atoms with Crippen LogP contribution in [0, 0.1) is 40.8 Å². The molecule has 0 radical (unpaired) electrons. The Labute approximate surface area is 349 Å². The molecule has 4 fully saturated rings. The number of urea groups is 1. The average Bonchev–Trinajstić information content (AvgIpc) is 3.65. The fourth-order valence-electron chi connectivity index (χ4n) is 10.4. The van der Waals surface area contributed by atoms with Crippen molar-refractivity contribution in [1.82, 2.24) is 25.3 Å². The SMILES string of the molecule is Cc1c(OC2C(C)(C)C(NC(=O)c3ccc(N4CCC(CN5CCC(n6ncc7c(N8CCC(=O)NC8=O)cccc76)CC5)CC4)c(F)c3)C2(C)C)ccc(C#N)c1Cl. The van der Waals surface area contributed by atoms with Gasteiger partial charge in [-0.3, -0.25) is 24.5 Å². The van der Waals surface area contributed by atoms with E-state index in [2.05, 4.69) is 31.2 Å². The summed E-state index contributed by atoms with van der Waals surface area (Å²) in [4.78, 5) is 44.1. The zero-order chi connectivity index (χ0) is 41.8. The number of nitriles is 1. The number of carbonyl (C=O) groups excluding carboxylic acids is 3. The first kappa shape index (κ1) is 40.6. The minimum Gasteiger partial charge on any atom is -0.489 e. The lowest BCUT2D eigenvalue weighted by Crippen LogP contribution is -2.74. The molecule has 59 heavy (non-hydrogen) atoms. The Morgan fingerprint density at radius 1 is 1.00 bits per heavy atom. The van der Waals surface area contributed by atoms with E-state index < -0.39 is 22.7 Å². The van der Waals surface area contributed by atoms with Gasteiger partial charge in [0.2, 0.25) is 5.91 Å². The van der Waals surface area contributed by atoms with E-state index in [9.17, 15) is 19.6 Å². The Morgan fingerprint density at radius 2 is 1.73 bits per heavy atom. The van der Waals surface area contributed by atoms with Gasteiger partial charge in [0.05, 0.1) is 39.7 Å². The van der Waals surface area contributed by atoms with E-state index in [-0.39, 0.29) is 42.0 Å². The first-order valence-electron chi connectivity index (χ1n) is 20.7. The Balaban J connectivity index is 0.820.